The summed E-state index contributed by atoms with van der Waals surface area (Å²) in [4.78, 5) is 4.37. The monoisotopic (exact) mass is 478 g/mol. The maximum atomic E-state index is 9.69. The average molecular weight is 480 g/mol. The van der Waals surface area contributed by atoms with Gasteiger partial charge in [-0.2, -0.15) is 5.10 Å². The summed E-state index contributed by atoms with van der Waals surface area (Å²) in [6.45, 7) is 1.67. The van der Waals surface area contributed by atoms with Crippen molar-refractivity contribution in [2.24, 2.45) is 5.92 Å². The van der Waals surface area contributed by atoms with Crippen molar-refractivity contribution in [1.29, 1.82) is 0 Å². The smallest absolute Gasteiger partial charge is 0.171 e. The molecule has 29 heavy (non-hydrogen) atoms. The largest absolute Gasteiger partial charge is 0.497 e. The summed E-state index contributed by atoms with van der Waals surface area (Å²) >= 11 is 9.79. The molecule has 0 saturated heterocycles. The maximum Gasteiger partial charge on any atom is 0.171 e. The second-order valence-electron chi connectivity index (χ2n) is 7.52. The highest BCUT2D eigenvalue weighted by Gasteiger charge is 2.19. The molecule has 2 aromatic heterocycles. The number of nitrogens with one attached hydrogen (secondary N) is 1. The van der Waals surface area contributed by atoms with Crippen molar-refractivity contribution in [3.8, 4) is 17.0 Å². The molecule has 4 rings (SSSR count). The molecule has 0 spiro atoms. The zero-order valence-corrected chi connectivity index (χ0v) is 18.6. The Balaban J connectivity index is 1.61. The molecular weight excluding hydrogens is 456 g/mol. The lowest BCUT2D eigenvalue weighted by Gasteiger charge is -2.25. The Hall–Kier alpha value is -1.67. The highest BCUT2D eigenvalue weighted by molar-refractivity contribution is 9.10. The Kier molecular flexibility index (Phi) is 6.39. The maximum absolute atomic E-state index is 9.69. The van der Waals surface area contributed by atoms with E-state index >= 15 is 0 Å². The topological polar surface area (TPSA) is 71.7 Å². The van der Waals surface area contributed by atoms with E-state index in [2.05, 4.69) is 37.4 Å². The van der Waals surface area contributed by atoms with Crippen molar-refractivity contribution in [3.63, 3.8) is 0 Å². The molecule has 1 aliphatic carbocycles. The third-order valence-electron chi connectivity index (χ3n) is 5.56. The van der Waals surface area contributed by atoms with Crippen LogP contribution in [0.3, 0.4) is 0 Å². The SMILES string of the molecule is COc1ccc(CNCC2CCC(O)CC2)c(-c2cc(Cl)nc3c(Br)cnn23)c1. The van der Waals surface area contributed by atoms with Crippen molar-refractivity contribution in [2.75, 3.05) is 13.7 Å². The number of hydrogen-bond donors (Lipinski definition) is 2. The molecule has 2 N–H and O–H groups in total. The van der Waals surface area contributed by atoms with Crippen LogP contribution in [-0.4, -0.2) is 39.5 Å². The van der Waals surface area contributed by atoms with E-state index in [0.717, 1.165) is 65.8 Å². The van der Waals surface area contributed by atoms with E-state index in [1.54, 1.807) is 17.8 Å². The minimum atomic E-state index is -0.119. The third-order valence-corrected chi connectivity index (χ3v) is 6.31. The molecule has 154 valence electrons. The zero-order chi connectivity index (χ0) is 20.4. The minimum absolute atomic E-state index is 0.119. The predicted molar refractivity (Wildman–Crippen MR) is 117 cm³/mol. The van der Waals surface area contributed by atoms with Crippen LogP contribution >= 0.6 is 27.5 Å². The van der Waals surface area contributed by atoms with Crippen molar-refractivity contribution in [3.05, 3.63) is 45.7 Å². The molecule has 3 aromatic rings. The van der Waals surface area contributed by atoms with E-state index in [4.69, 9.17) is 16.3 Å². The van der Waals surface area contributed by atoms with Gasteiger partial charge in [0.15, 0.2) is 5.65 Å². The van der Waals surface area contributed by atoms with Gasteiger partial charge in [0.1, 0.15) is 10.9 Å². The number of benzene rings is 1. The lowest BCUT2D eigenvalue weighted by atomic mass is 9.87. The Bertz CT molecular complexity index is 1000. The van der Waals surface area contributed by atoms with E-state index in [9.17, 15) is 5.11 Å². The van der Waals surface area contributed by atoms with Crippen molar-refractivity contribution < 1.29 is 9.84 Å². The molecule has 0 atom stereocenters. The average Bonchev–Trinajstić information content (AvgIpc) is 3.10. The van der Waals surface area contributed by atoms with Crippen LogP contribution in [0.2, 0.25) is 5.15 Å². The molecule has 1 saturated carbocycles. The molecule has 6 nitrogen and oxygen atoms in total. The molecule has 0 aliphatic heterocycles. The van der Waals surface area contributed by atoms with Gasteiger partial charge in [-0.25, -0.2) is 9.50 Å². The number of hydrogen-bond acceptors (Lipinski definition) is 5. The van der Waals surface area contributed by atoms with Gasteiger partial charge in [0.2, 0.25) is 0 Å². The molecule has 8 heteroatoms. The fourth-order valence-electron chi connectivity index (χ4n) is 3.93. The van der Waals surface area contributed by atoms with Crippen LogP contribution in [0.5, 0.6) is 5.75 Å². The van der Waals surface area contributed by atoms with Gasteiger partial charge in [-0.3, -0.25) is 0 Å². The minimum Gasteiger partial charge on any atom is -0.497 e. The summed E-state index contributed by atoms with van der Waals surface area (Å²) in [5, 5.41) is 18.2. The lowest BCUT2D eigenvalue weighted by molar-refractivity contribution is 0.108. The van der Waals surface area contributed by atoms with Gasteiger partial charge in [0, 0.05) is 18.2 Å². The first-order chi connectivity index (χ1) is 14.0. The molecule has 0 radical (unpaired) electrons. The number of nitrogens with zero attached hydrogens (tertiary/aromatic N) is 3. The number of ether oxygens (including phenoxy) is 1. The number of fused-ring (bicyclic) bond motifs is 1. The van der Waals surface area contributed by atoms with Gasteiger partial charge in [0.25, 0.3) is 0 Å². The molecule has 1 fully saturated rings. The predicted octanol–water partition coefficient (Wildman–Crippen LogP) is 4.46. The quantitative estimate of drug-likeness (QED) is 0.511. The summed E-state index contributed by atoms with van der Waals surface area (Å²) < 4.78 is 8.04. The van der Waals surface area contributed by atoms with Crippen LogP contribution in [0.15, 0.2) is 34.9 Å². The van der Waals surface area contributed by atoms with E-state index in [1.165, 1.54) is 0 Å². The number of aromatic nitrogens is 3. The number of aliphatic hydroxyl groups excluding tert-OH is 1. The summed E-state index contributed by atoms with van der Waals surface area (Å²) in [5.41, 5.74) is 3.68. The van der Waals surface area contributed by atoms with Crippen molar-refractivity contribution >= 4 is 33.2 Å². The molecule has 0 amide bonds. The van der Waals surface area contributed by atoms with Crippen molar-refractivity contribution in [1.82, 2.24) is 19.9 Å². The first-order valence-corrected chi connectivity index (χ1v) is 11.0. The molecular formula is C21H24BrClN4O2. The summed E-state index contributed by atoms with van der Waals surface area (Å²) in [6.07, 6.45) is 5.56. The van der Waals surface area contributed by atoms with Crippen LogP contribution in [0.25, 0.3) is 16.9 Å². The van der Waals surface area contributed by atoms with Crippen LogP contribution < -0.4 is 10.1 Å². The van der Waals surface area contributed by atoms with Gasteiger partial charge >= 0.3 is 0 Å². The molecule has 2 heterocycles. The van der Waals surface area contributed by atoms with Gasteiger partial charge in [-0.05, 0) is 71.8 Å². The standard InChI is InChI=1S/C21H24BrClN4O2/c1-29-16-7-4-14(11-24-10-13-2-5-15(28)6-3-13)17(8-16)19-9-20(23)26-21-18(22)12-25-27(19)21/h4,7-9,12-13,15,24,28H,2-3,5-6,10-11H2,1H3. The normalized spacial score (nSPS) is 19.6. The third kappa shape index (κ3) is 4.58. The summed E-state index contributed by atoms with van der Waals surface area (Å²) in [5.74, 6) is 1.39. The fraction of sp³-hybridized carbons (Fsp3) is 0.429. The van der Waals surface area contributed by atoms with E-state index in [1.807, 2.05) is 18.2 Å². The summed E-state index contributed by atoms with van der Waals surface area (Å²) in [7, 11) is 1.66. The lowest BCUT2D eigenvalue weighted by Crippen LogP contribution is -2.27. The number of halogens is 2. The van der Waals surface area contributed by atoms with E-state index in [0.29, 0.717) is 16.7 Å². The number of rotatable bonds is 6. The van der Waals surface area contributed by atoms with Gasteiger partial charge in [-0.1, -0.05) is 17.7 Å². The Morgan fingerprint density at radius 1 is 1.28 bits per heavy atom. The highest BCUT2D eigenvalue weighted by atomic mass is 79.9. The molecule has 1 aromatic carbocycles. The van der Waals surface area contributed by atoms with Crippen LogP contribution in [0, 0.1) is 5.92 Å². The first-order valence-electron chi connectivity index (χ1n) is 9.81. The van der Waals surface area contributed by atoms with Gasteiger partial charge < -0.3 is 15.2 Å². The van der Waals surface area contributed by atoms with Crippen LogP contribution in [-0.2, 0) is 6.54 Å². The number of methoxy groups -OCH3 is 1. The van der Waals surface area contributed by atoms with Gasteiger partial charge in [0.05, 0.1) is 29.6 Å². The Morgan fingerprint density at radius 3 is 2.83 bits per heavy atom. The Labute approximate surface area is 183 Å². The van der Waals surface area contributed by atoms with E-state index in [-0.39, 0.29) is 6.10 Å². The highest BCUT2D eigenvalue weighted by Crippen LogP contribution is 2.31. The second-order valence-corrected chi connectivity index (χ2v) is 8.76. The summed E-state index contributed by atoms with van der Waals surface area (Å²) in [6, 6.07) is 7.88. The number of aliphatic hydroxyl groups is 1. The van der Waals surface area contributed by atoms with Crippen LogP contribution in [0.4, 0.5) is 0 Å². The molecule has 1 aliphatic rings. The van der Waals surface area contributed by atoms with E-state index < -0.39 is 0 Å². The Morgan fingerprint density at radius 2 is 2.07 bits per heavy atom. The van der Waals surface area contributed by atoms with Crippen LogP contribution in [0.1, 0.15) is 31.2 Å². The van der Waals surface area contributed by atoms with Crippen molar-refractivity contribution in [2.45, 2.75) is 38.3 Å². The fourth-order valence-corrected chi connectivity index (χ4v) is 4.46. The zero-order valence-electron chi connectivity index (χ0n) is 16.2. The first kappa shape index (κ1) is 20.6. The molecule has 0 unspecified atom stereocenters. The second kappa shape index (κ2) is 9.00. The molecule has 0 bridgehead atoms. The van der Waals surface area contributed by atoms with Gasteiger partial charge in [-0.15, -0.1) is 0 Å².